The highest BCUT2D eigenvalue weighted by molar-refractivity contribution is 6.05. The van der Waals surface area contributed by atoms with Gasteiger partial charge in [0.2, 0.25) is 0 Å². The Hall–Kier alpha value is -5.11. The van der Waals surface area contributed by atoms with E-state index < -0.39 is 29.7 Å². The molecule has 0 radical (unpaired) electrons. The number of H-pyrrole nitrogens is 1. The number of imidazole rings is 1. The molecular weight excluding hydrogens is 569 g/mol. The first-order valence-corrected chi connectivity index (χ1v) is 13.1. The van der Waals surface area contributed by atoms with E-state index in [-0.39, 0.29) is 31.6 Å². The van der Waals surface area contributed by atoms with Crippen molar-refractivity contribution in [2.75, 3.05) is 27.2 Å². The second kappa shape index (κ2) is 11.6. The predicted octanol–water partition coefficient (Wildman–Crippen LogP) is 3.66. The Morgan fingerprint density at radius 3 is 2.37 bits per heavy atom. The fraction of sp³-hybridized carbons (Fsp3) is 0.241. The van der Waals surface area contributed by atoms with E-state index in [0.717, 1.165) is 6.08 Å². The Morgan fingerprint density at radius 1 is 1.07 bits per heavy atom. The van der Waals surface area contributed by atoms with Crippen LogP contribution in [-0.4, -0.2) is 75.5 Å². The number of nitrogens with zero attached hydrogens (tertiary/aromatic N) is 4. The van der Waals surface area contributed by atoms with Crippen molar-refractivity contribution in [3.05, 3.63) is 83.4 Å². The van der Waals surface area contributed by atoms with Crippen molar-refractivity contribution in [3.63, 3.8) is 0 Å². The molecule has 1 aliphatic heterocycles. The molecular formula is C29H27F3N6O5. The van der Waals surface area contributed by atoms with E-state index in [0.29, 0.717) is 39.8 Å². The van der Waals surface area contributed by atoms with Crippen molar-refractivity contribution in [2.45, 2.75) is 19.1 Å². The summed E-state index contributed by atoms with van der Waals surface area (Å²) in [5, 5.41) is 4.64. The molecule has 2 amide bonds. The van der Waals surface area contributed by atoms with Crippen LogP contribution in [0.3, 0.4) is 0 Å². The highest BCUT2D eigenvalue weighted by Crippen LogP contribution is 2.32. The number of para-hydroxylation sites is 1. The topological polar surface area (TPSA) is 135 Å². The van der Waals surface area contributed by atoms with Gasteiger partial charge in [-0.15, -0.1) is 0 Å². The van der Waals surface area contributed by atoms with Gasteiger partial charge in [0.25, 0.3) is 11.8 Å². The molecule has 0 saturated carbocycles. The van der Waals surface area contributed by atoms with Gasteiger partial charge in [-0.25, -0.2) is 9.31 Å². The molecule has 0 bridgehead atoms. The molecule has 2 aromatic carbocycles. The van der Waals surface area contributed by atoms with E-state index in [4.69, 9.17) is 10.5 Å². The van der Waals surface area contributed by atoms with Gasteiger partial charge >= 0.3 is 12.1 Å². The molecule has 1 aliphatic rings. The Labute approximate surface area is 243 Å². The zero-order valence-corrected chi connectivity index (χ0v) is 23.1. The zero-order valence-electron chi connectivity index (χ0n) is 23.1. The van der Waals surface area contributed by atoms with Crippen LogP contribution in [0.4, 0.5) is 13.2 Å². The van der Waals surface area contributed by atoms with Crippen molar-refractivity contribution < 1.29 is 37.0 Å². The fourth-order valence-electron chi connectivity index (χ4n) is 4.64. The van der Waals surface area contributed by atoms with Crippen molar-refractivity contribution in [2.24, 2.45) is 5.73 Å². The molecule has 0 unspecified atom stereocenters. The second-order valence-electron chi connectivity index (χ2n) is 10.0. The number of hydrogen-bond donors (Lipinski definition) is 2. The molecule has 3 N–H and O–H groups in total. The standard InChI is InChI=1S/C29H27F3N6O5/c1-36(2)14-13-22(43-28(41)29(30,31)32)27(40)37-15-12-21-20(16-37)34-26-23(25(33)39)24(35-38(21)26)17-8-10-19(11-9-17)42-18-6-4-3-5-7-18/h3-11,13,34H,12,14-16H2,1-2H3,(H2,33,39)/b22-13-. The molecule has 5 rings (SSSR count). The largest absolute Gasteiger partial charge is 0.491 e. The van der Waals surface area contributed by atoms with Gasteiger partial charge in [-0.1, -0.05) is 18.2 Å². The summed E-state index contributed by atoms with van der Waals surface area (Å²) >= 11 is 0. The highest BCUT2D eigenvalue weighted by atomic mass is 19.4. The number of amides is 2. The van der Waals surface area contributed by atoms with Crippen LogP contribution in [-0.2, 0) is 27.3 Å². The summed E-state index contributed by atoms with van der Waals surface area (Å²) in [4.78, 5) is 43.2. The molecule has 0 spiro atoms. The normalized spacial score (nSPS) is 13.7. The molecule has 2 aromatic heterocycles. The number of carbonyl (C=O) groups is 3. The van der Waals surface area contributed by atoms with Crippen LogP contribution in [0.2, 0.25) is 0 Å². The van der Waals surface area contributed by atoms with Crippen LogP contribution in [0.15, 0.2) is 66.4 Å². The van der Waals surface area contributed by atoms with E-state index >= 15 is 0 Å². The zero-order chi connectivity index (χ0) is 30.9. The smallest absolute Gasteiger partial charge is 0.457 e. The Balaban J connectivity index is 1.41. The first-order chi connectivity index (χ1) is 20.4. The van der Waals surface area contributed by atoms with E-state index in [1.807, 2.05) is 30.3 Å². The third kappa shape index (κ3) is 6.23. The lowest BCUT2D eigenvalue weighted by atomic mass is 10.1. The van der Waals surface area contributed by atoms with Gasteiger partial charge in [0.05, 0.1) is 17.9 Å². The average Bonchev–Trinajstić information content (AvgIpc) is 3.51. The molecule has 11 nitrogen and oxygen atoms in total. The summed E-state index contributed by atoms with van der Waals surface area (Å²) in [6.07, 6.45) is -3.90. The van der Waals surface area contributed by atoms with Gasteiger partial charge in [0.1, 0.15) is 28.4 Å². The number of benzene rings is 2. The van der Waals surface area contributed by atoms with E-state index in [1.54, 1.807) is 47.8 Å². The quantitative estimate of drug-likeness (QED) is 0.180. The number of nitrogens with two attached hydrogens (primary N) is 1. The van der Waals surface area contributed by atoms with Crippen LogP contribution in [0.5, 0.6) is 11.5 Å². The Bertz CT molecular complexity index is 1710. The minimum absolute atomic E-state index is 0.0561. The third-order valence-corrected chi connectivity index (χ3v) is 6.65. The number of esters is 1. The monoisotopic (exact) mass is 596 g/mol. The highest BCUT2D eigenvalue weighted by Gasteiger charge is 2.43. The van der Waals surface area contributed by atoms with E-state index in [9.17, 15) is 27.6 Å². The molecule has 0 fully saturated rings. The molecule has 0 aliphatic carbocycles. The van der Waals surface area contributed by atoms with Crippen molar-refractivity contribution in [3.8, 4) is 22.8 Å². The summed E-state index contributed by atoms with van der Waals surface area (Å²) < 4.78 is 50.4. The van der Waals surface area contributed by atoms with Crippen LogP contribution in [0.25, 0.3) is 16.9 Å². The maximum Gasteiger partial charge on any atom is 0.491 e. The van der Waals surface area contributed by atoms with Crippen molar-refractivity contribution in [1.82, 2.24) is 24.4 Å². The van der Waals surface area contributed by atoms with Crippen LogP contribution in [0, 0.1) is 0 Å². The number of primary amides is 1. The van der Waals surface area contributed by atoms with Gasteiger partial charge < -0.3 is 30.0 Å². The predicted molar refractivity (Wildman–Crippen MR) is 148 cm³/mol. The molecule has 14 heteroatoms. The fourth-order valence-corrected chi connectivity index (χ4v) is 4.64. The minimum atomic E-state index is -5.27. The van der Waals surface area contributed by atoms with Gasteiger partial charge in [0, 0.05) is 25.1 Å². The minimum Gasteiger partial charge on any atom is -0.457 e. The summed E-state index contributed by atoms with van der Waals surface area (Å²) in [6, 6.07) is 16.2. The van der Waals surface area contributed by atoms with Gasteiger partial charge in [-0.05, 0) is 56.6 Å². The molecule has 4 aromatic rings. The van der Waals surface area contributed by atoms with Crippen molar-refractivity contribution >= 4 is 23.4 Å². The first kappa shape index (κ1) is 29.4. The number of carbonyl (C=O) groups excluding carboxylic acids is 3. The van der Waals surface area contributed by atoms with Gasteiger partial charge in [0.15, 0.2) is 5.76 Å². The molecule has 0 atom stereocenters. The molecule has 224 valence electrons. The summed E-state index contributed by atoms with van der Waals surface area (Å²) in [5.74, 6) is -3.57. The molecule has 43 heavy (non-hydrogen) atoms. The lowest BCUT2D eigenvalue weighted by molar-refractivity contribution is -0.196. The number of halogens is 3. The Kier molecular flexibility index (Phi) is 7.96. The van der Waals surface area contributed by atoms with Gasteiger partial charge in [-0.3, -0.25) is 9.59 Å². The molecule has 0 saturated heterocycles. The van der Waals surface area contributed by atoms with Crippen LogP contribution < -0.4 is 10.5 Å². The number of nitrogens with one attached hydrogen (secondary N) is 1. The second-order valence-corrected chi connectivity index (χ2v) is 10.0. The van der Waals surface area contributed by atoms with E-state index in [2.05, 4.69) is 14.8 Å². The van der Waals surface area contributed by atoms with E-state index in [1.165, 1.54) is 4.90 Å². The summed E-state index contributed by atoms with van der Waals surface area (Å²) in [7, 11) is 3.28. The summed E-state index contributed by atoms with van der Waals surface area (Å²) in [5.41, 5.74) is 8.35. The Morgan fingerprint density at radius 2 is 1.74 bits per heavy atom. The number of hydrogen-bond acceptors (Lipinski definition) is 7. The SMILES string of the molecule is CN(C)C/C=C(\OC(=O)C(F)(F)F)C(=O)N1CCc2c([nH]c3c(C(N)=O)c(-c4ccc(Oc5ccccc5)cc4)nn23)C1. The number of ether oxygens (including phenoxy) is 2. The van der Waals surface area contributed by atoms with Crippen LogP contribution in [0.1, 0.15) is 21.7 Å². The third-order valence-electron chi connectivity index (χ3n) is 6.65. The maximum atomic E-state index is 13.2. The van der Waals surface area contributed by atoms with Gasteiger partial charge in [-0.2, -0.15) is 18.3 Å². The van der Waals surface area contributed by atoms with Crippen LogP contribution >= 0.6 is 0 Å². The number of rotatable bonds is 8. The number of aromatic nitrogens is 3. The maximum absolute atomic E-state index is 13.2. The number of alkyl halides is 3. The first-order valence-electron chi connectivity index (χ1n) is 13.1. The lowest BCUT2D eigenvalue weighted by Gasteiger charge is -2.27. The number of likely N-dealkylation sites (N-methyl/N-ethyl adjacent to an activating group) is 1. The summed E-state index contributed by atoms with van der Waals surface area (Å²) in [6.45, 7) is 0.0967. The molecule has 3 heterocycles. The average molecular weight is 597 g/mol. The van der Waals surface area contributed by atoms with Crippen molar-refractivity contribution in [1.29, 1.82) is 0 Å². The number of fused-ring (bicyclic) bond motifs is 3. The number of aromatic amines is 1. The lowest BCUT2D eigenvalue weighted by Crippen LogP contribution is -2.39.